The monoisotopic (exact) mass is 201 g/mol. The summed E-state index contributed by atoms with van der Waals surface area (Å²) in [4.78, 5) is 7.78. The fourth-order valence-corrected chi connectivity index (χ4v) is 2.44. The third-order valence-electron chi connectivity index (χ3n) is 4.01. The van der Waals surface area contributed by atoms with Crippen molar-refractivity contribution < 1.29 is 0 Å². The summed E-state index contributed by atoms with van der Waals surface area (Å²) in [5.41, 5.74) is 0.972. The fraction of sp³-hybridized carbons (Fsp3) is 0.667. The SMILES string of the molecule is N#CC1(c2ncc(C3CCC3)[nH]2)CCC1. The molecule has 3 rings (SSSR count). The molecule has 0 bridgehead atoms. The molecule has 0 aliphatic heterocycles. The molecule has 0 amide bonds. The van der Waals surface area contributed by atoms with Gasteiger partial charge in [0.1, 0.15) is 11.2 Å². The van der Waals surface area contributed by atoms with Gasteiger partial charge in [-0.05, 0) is 32.1 Å². The Balaban J connectivity index is 1.86. The van der Waals surface area contributed by atoms with E-state index in [9.17, 15) is 5.26 Å². The first kappa shape index (κ1) is 8.96. The van der Waals surface area contributed by atoms with Crippen LogP contribution in [0.3, 0.4) is 0 Å². The molecule has 1 heterocycles. The summed E-state index contributed by atoms with van der Waals surface area (Å²) in [7, 11) is 0. The minimum Gasteiger partial charge on any atom is -0.344 e. The van der Waals surface area contributed by atoms with Gasteiger partial charge in [-0.3, -0.25) is 0 Å². The molecule has 1 aromatic heterocycles. The van der Waals surface area contributed by atoms with Gasteiger partial charge in [0.05, 0.1) is 6.07 Å². The van der Waals surface area contributed by atoms with Gasteiger partial charge < -0.3 is 4.98 Å². The highest BCUT2D eigenvalue weighted by Gasteiger charge is 2.42. The van der Waals surface area contributed by atoms with Gasteiger partial charge in [0.2, 0.25) is 0 Å². The van der Waals surface area contributed by atoms with Gasteiger partial charge >= 0.3 is 0 Å². The van der Waals surface area contributed by atoms with Crippen LogP contribution >= 0.6 is 0 Å². The van der Waals surface area contributed by atoms with Gasteiger partial charge in [0, 0.05) is 17.8 Å². The molecular weight excluding hydrogens is 186 g/mol. The van der Waals surface area contributed by atoms with Crippen LogP contribution < -0.4 is 0 Å². The van der Waals surface area contributed by atoms with Crippen LogP contribution in [0.2, 0.25) is 0 Å². The highest BCUT2D eigenvalue weighted by Crippen LogP contribution is 2.43. The smallest absolute Gasteiger partial charge is 0.126 e. The van der Waals surface area contributed by atoms with E-state index in [1.54, 1.807) is 0 Å². The Morgan fingerprint density at radius 1 is 1.40 bits per heavy atom. The van der Waals surface area contributed by atoms with Crippen molar-refractivity contribution in [3.63, 3.8) is 0 Å². The predicted octanol–water partition coefficient (Wildman–Crippen LogP) is 2.62. The molecule has 0 spiro atoms. The topological polar surface area (TPSA) is 52.5 Å². The van der Waals surface area contributed by atoms with Crippen LogP contribution in [0.15, 0.2) is 6.20 Å². The summed E-state index contributed by atoms with van der Waals surface area (Å²) in [5.74, 6) is 1.60. The van der Waals surface area contributed by atoms with Crippen molar-refractivity contribution in [3.8, 4) is 6.07 Å². The summed E-state index contributed by atoms with van der Waals surface area (Å²) in [6.45, 7) is 0. The van der Waals surface area contributed by atoms with Crippen LogP contribution in [-0.2, 0) is 5.41 Å². The lowest BCUT2D eigenvalue weighted by molar-refractivity contribution is 0.308. The number of aromatic amines is 1. The lowest BCUT2D eigenvalue weighted by atomic mass is 9.69. The summed E-state index contributed by atoms with van der Waals surface area (Å²) in [6.07, 6.45) is 8.94. The van der Waals surface area contributed by atoms with Crippen molar-refractivity contribution >= 4 is 0 Å². The van der Waals surface area contributed by atoms with Gasteiger partial charge in [0.25, 0.3) is 0 Å². The zero-order valence-electron chi connectivity index (χ0n) is 8.79. The quantitative estimate of drug-likeness (QED) is 0.799. The van der Waals surface area contributed by atoms with E-state index in [0.29, 0.717) is 5.92 Å². The number of nitrogens with one attached hydrogen (secondary N) is 1. The number of nitriles is 1. The molecule has 15 heavy (non-hydrogen) atoms. The Bertz CT molecular complexity index is 405. The molecule has 2 saturated carbocycles. The third-order valence-corrected chi connectivity index (χ3v) is 4.01. The Morgan fingerprint density at radius 2 is 2.20 bits per heavy atom. The molecule has 78 valence electrons. The lowest BCUT2D eigenvalue weighted by Gasteiger charge is -2.33. The lowest BCUT2D eigenvalue weighted by Crippen LogP contribution is -2.33. The first-order valence-corrected chi connectivity index (χ1v) is 5.81. The Morgan fingerprint density at radius 3 is 2.67 bits per heavy atom. The summed E-state index contributed by atoms with van der Waals surface area (Å²) < 4.78 is 0. The van der Waals surface area contributed by atoms with Crippen molar-refractivity contribution in [2.45, 2.75) is 49.9 Å². The average Bonchev–Trinajstić information content (AvgIpc) is 2.50. The largest absolute Gasteiger partial charge is 0.344 e. The number of imidazole rings is 1. The minimum absolute atomic E-state index is 0.276. The second kappa shape index (κ2) is 3.10. The zero-order chi connectivity index (χ0) is 10.3. The van der Waals surface area contributed by atoms with E-state index in [0.717, 1.165) is 25.1 Å². The molecule has 2 aliphatic carbocycles. The van der Waals surface area contributed by atoms with E-state index in [1.807, 2.05) is 6.20 Å². The molecule has 1 aromatic rings. The summed E-state index contributed by atoms with van der Waals surface area (Å²) in [6, 6.07) is 2.43. The van der Waals surface area contributed by atoms with Crippen molar-refractivity contribution in [3.05, 3.63) is 17.7 Å². The standard InChI is InChI=1S/C12H15N3/c13-8-12(5-2-6-12)11-14-7-10(15-11)9-3-1-4-9/h7,9H,1-6H2,(H,14,15). The molecule has 3 nitrogen and oxygen atoms in total. The maximum atomic E-state index is 9.20. The van der Waals surface area contributed by atoms with E-state index in [2.05, 4.69) is 16.0 Å². The van der Waals surface area contributed by atoms with Crippen LogP contribution in [0.5, 0.6) is 0 Å². The van der Waals surface area contributed by atoms with Crippen LogP contribution in [0.4, 0.5) is 0 Å². The van der Waals surface area contributed by atoms with Gasteiger partial charge in [-0.25, -0.2) is 4.98 Å². The second-order valence-corrected chi connectivity index (χ2v) is 4.86. The average molecular weight is 201 g/mol. The molecule has 0 saturated heterocycles. The van der Waals surface area contributed by atoms with E-state index in [1.165, 1.54) is 25.0 Å². The first-order valence-electron chi connectivity index (χ1n) is 5.81. The van der Waals surface area contributed by atoms with E-state index < -0.39 is 0 Å². The molecule has 0 unspecified atom stereocenters. The first-order chi connectivity index (χ1) is 7.34. The predicted molar refractivity (Wildman–Crippen MR) is 56.3 cm³/mol. The van der Waals surface area contributed by atoms with Crippen molar-refractivity contribution in [1.82, 2.24) is 9.97 Å². The molecular formula is C12H15N3. The summed E-state index contributed by atoms with van der Waals surface area (Å²) >= 11 is 0. The van der Waals surface area contributed by atoms with Crippen LogP contribution in [0.1, 0.15) is 56.0 Å². The normalized spacial score (nSPS) is 23.9. The maximum Gasteiger partial charge on any atom is 0.126 e. The van der Waals surface area contributed by atoms with Crippen molar-refractivity contribution in [1.29, 1.82) is 5.26 Å². The van der Waals surface area contributed by atoms with E-state index in [-0.39, 0.29) is 5.41 Å². The van der Waals surface area contributed by atoms with Crippen LogP contribution in [0, 0.1) is 11.3 Å². The molecule has 2 aliphatic rings. The summed E-state index contributed by atoms with van der Waals surface area (Å²) in [5, 5.41) is 9.20. The molecule has 0 aromatic carbocycles. The molecule has 1 N–H and O–H groups in total. The Kier molecular flexibility index (Phi) is 1.85. The van der Waals surface area contributed by atoms with Crippen molar-refractivity contribution in [2.24, 2.45) is 0 Å². The highest BCUT2D eigenvalue weighted by molar-refractivity contribution is 5.27. The van der Waals surface area contributed by atoms with Crippen molar-refractivity contribution in [2.75, 3.05) is 0 Å². The maximum absolute atomic E-state index is 9.20. The highest BCUT2D eigenvalue weighted by atomic mass is 14.9. The van der Waals surface area contributed by atoms with Gasteiger partial charge in [-0.15, -0.1) is 0 Å². The number of aromatic nitrogens is 2. The minimum atomic E-state index is -0.276. The third kappa shape index (κ3) is 1.21. The van der Waals surface area contributed by atoms with Crippen LogP contribution in [-0.4, -0.2) is 9.97 Å². The molecule has 0 radical (unpaired) electrons. The molecule has 2 fully saturated rings. The van der Waals surface area contributed by atoms with E-state index >= 15 is 0 Å². The second-order valence-electron chi connectivity index (χ2n) is 4.86. The van der Waals surface area contributed by atoms with Gasteiger partial charge in [-0.1, -0.05) is 6.42 Å². The zero-order valence-corrected chi connectivity index (χ0v) is 8.79. The Labute approximate surface area is 89.5 Å². The Hall–Kier alpha value is -1.30. The van der Waals surface area contributed by atoms with E-state index in [4.69, 9.17) is 0 Å². The molecule has 0 atom stereocenters. The number of hydrogen-bond donors (Lipinski definition) is 1. The number of H-pyrrole nitrogens is 1. The molecule has 3 heteroatoms. The van der Waals surface area contributed by atoms with Crippen LogP contribution in [0.25, 0.3) is 0 Å². The van der Waals surface area contributed by atoms with Gasteiger partial charge in [0.15, 0.2) is 0 Å². The van der Waals surface area contributed by atoms with Gasteiger partial charge in [-0.2, -0.15) is 5.26 Å². The fourth-order valence-electron chi connectivity index (χ4n) is 2.44. The number of rotatable bonds is 2. The number of nitrogens with zero attached hydrogens (tertiary/aromatic N) is 2. The number of hydrogen-bond acceptors (Lipinski definition) is 2.